The zero-order valence-corrected chi connectivity index (χ0v) is 11.7. The number of aliphatic hydroxyl groups is 2. The van der Waals surface area contributed by atoms with Crippen LogP contribution in [0.2, 0.25) is 0 Å². The molecular formula is C15H21NO4. The second-order valence-electron chi connectivity index (χ2n) is 5.50. The summed E-state index contributed by atoms with van der Waals surface area (Å²) in [6, 6.07) is 5.91. The van der Waals surface area contributed by atoms with Crippen LogP contribution in [0.15, 0.2) is 18.2 Å². The van der Waals surface area contributed by atoms with Crippen molar-refractivity contribution < 1.29 is 19.7 Å². The first kappa shape index (κ1) is 14.8. The minimum Gasteiger partial charge on any atom is -0.484 e. The molecule has 0 bridgehead atoms. The summed E-state index contributed by atoms with van der Waals surface area (Å²) >= 11 is 0. The van der Waals surface area contributed by atoms with Crippen molar-refractivity contribution in [3.05, 3.63) is 29.3 Å². The van der Waals surface area contributed by atoms with Gasteiger partial charge in [0.05, 0.1) is 6.61 Å². The number of hydrogen-bond acceptors (Lipinski definition) is 4. The van der Waals surface area contributed by atoms with Crippen molar-refractivity contribution in [2.45, 2.75) is 31.8 Å². The monoisotopic (exact) mass is 279 g/mol. The van der Waals surface area contributed by atoms with Crippen LogP contribution in [-0.2, 0) is 17.6 Å². The Kier molecular flexibility index (Phi) is 4.62. The molecule has 1 aliphatic carbocycles. The minimum atomic E-state index is -1.30. The second-order valence-corrected chi connectivity index (χ2v) is 5.50. The van der Waals surface area contributed by atoms with Crippen LogP contribution in [0.3, 0.4) is 0 Å². The third-order valence-electron chi connectivity index (χ3n) is 3.45. The van der Waals surface area contributed by atoms with E-state index in [1.165, 1.54) is 24.5 Å². The van der Waals surface area contributed by atoms with Gasteiger partial charge in [0.15, 0.2) is 6.61 Å². The van der Waals surface area contributed by atoms with Gasteiger partial charge in [-0.3, -0.25) is 4.79 Å². The first-order valence-corrected chi connectivity index (χ1v) is 6.85. The fraction of sp³-hybridized carbons (Fsp3) is 0.533. The van der Waals surface area contributed by atoms with Gasteiger partial charge in [0, 0.05) is 6.54 Å². The highest BCUT2D eigenvalue weighted by Crippen LogP contribution is 2.25. The molecule has 5 heteroatoms. The molecule has 0 heterocycles. The Morgan fingerprint density at radius 1 is 1.40 bits per heavy atom. The number of hydrogen-bond donors (Lipinski definition) is 3. The van der Waals surface area contributed by atoms with E-state index < -0.39 is 12.2 Å². The molecule has 1 aromatic carbocycles. The van der Waals surface area contributed by atoms with E-state index in [0.717, 1.165) is 12.8 Å². The lowest BCUT2D eigenvalue weighted by Crippen LogP contribution is -2.44. The van der Waals surface area contributed by atoms with Crippen LogP contribution in [0, 0.1) is 0 Å². The molecule has 0 radical (unpaired) electrons. The van der Waals surface area contributed by atoms with E-state index in [9.17, 15) is 9.90 Å². The molecule has 1 aliphatic rings. The smallest absolute Gasteiger partial charge is 0.258 e. The van der Waals surface area contributed by atoms with Crippen molar-refractivity contribution in [2.75, 3.05) is 19.8 Å². The molecular weight excluding hydrogens is 258 g/mol. The largest absolute Gasteiger partial charge is 0.484 e. The van der Waals surface area contributed by atoms with Crippen LogP contribution in [0.5, 0.6) is 5.75 Å². The molecule has 0 aliphatic heterocycles. The predicted octanol–water partition coefficient (Wildman–Crippen LogP) is 0.414. The SMILES string of the molecule is CC(O)(CO)CNC(=O)COc1ccc2c(c1)CCC2. The Bertz CT molecular complexity index is 485. The van der Waals surface area contributed by atoms with Gasteiger partial charge in [-0.15, -0.1) is 0 Å². The zero-order valence-electron chi connectivity index (χ0n) is 11.7. The van der Waals surface area contributed by atoms with E-state index in [2.05, 4.69) is 5.32 Å². The number of carbonyl (C=O) groups excluding carboxylic acids is 1. The quantitative estimate of drug-likeness (QED) is 0.705. The molecule has 3 N–H and O–H groups in total. The molecule has 110 valence electrons. The zero-order chi connectivity index (χ0) is 14.6. The average molecular weight is 279 g/mol. The summed E-state index contributed by atoms with van der Waals surface area (Å²) < 4.78 is 5.44. The molecule has 1 atom stereocenters. The molecule has 0 saturated heterocycles. The third kappa shape index (κ3) is 3.95. The van der Waals surface area contributed by atoms with Crippen molar-refractivity contribution in [1.82, 2.24) is 5.32 Å². The first-order chi connectivity index (χ1) is 9.50. The standard InChI is InChI=1S/C15H21NO4/c1-15(19,10-17)9-16-14(18)8-20-13-6-5-11-3-2-4-12(11)7-13/h5-7,17,19H,2-4,8-10H2,1H3,(H,16,18). The maximum atomic E-state index is 11.6. The Balaban J connectivity index is 1.79. The number of amides is 1. The summed E-state index contributed by atoms with van der Waals surface area (Å²) in [6.07, 6.45) is 3.36. The number of nitrogens with one attached hydrogen (secondary N) is 1. The van der Waals surface area contributed by atoms with E-state index in [4.69, 9.17) is 9.84 Å². The van der Waals surface area contributed by atoms with E-state index in [0.29, 0.717) is 5.75 Å². The number of aryl methyl sites for hydroxylation is 2. The summed E-state index contributed by atoms with van der Waals surface area (Å²) in [5, 5.41) is 21.0. The lowest BCUT2D eigenvalue weighted by molar-refractivity contribution is -0.124. The summed E-state index contributed by atoms with van der Waals surface area (Å²) in [6.45, 7) is 0.948. The summed E-state index contributed by atoms with van der Waals surface area (Å²) in [5.74, 6) is 0.369. The fourth-order valence-electron chi connectivity index (χ4n) is 2.18. The van der Waals surface area contributed by atoms with Crippen LogP contribution < -0.4 is 10.1 Å². The second kappa shape index (κ2) is 6.24. The molecule has 0 saturated carbocycles. The highest BCUT2D eigenvalue weighted by Gasteiger charge is 2.19. The third-order valence-corrected chi connectivity index (χ3v) is 3.45. The van der Waals surface area contributed by atoms with Crippen molar-refractivity contribution >= 4 is 5.91 Å². The molecule has 2 rings (SSSR count). The van der Waals surface area contributed by atoms with Gasteiger partial charge in [-0.25, -0.2) is 0 Å². The van der Waals surface area contributed by atoms with Gasteiger partial charge < -0.3 is 20.3 Å². The average Bonchev–Trinajstić information content (AvgIpc) is 2.90. The Hall–Kier alpha value is -1.59. The summed E-state index contributed by atoms with van der Waals surface area (Å²) in [7, 11) is 0. The van der Waals surface area contributed by atoms with Crippen LogP contribution >= 0.6 is 0 Å². The maximum absolute atomic E-state index is 11.6. The summed E-state index contributed by atoms with van der Waals surface area (Å²) in [4.78, 5) is 11.6. The molecule has 1 unspecified atom stereocenters. The first-order valence-electron chi connectivity index (χ1n) is 6.85. The normalized spacial score (nSPS) is 16.4. The number of benzene rings is 1. The topological polar surface area (TPSA) is 78.8 Å². The van der Waals surface area contributed by atoms with Crippen LogP contribution in [0.4, 0.5) is 0 Å². The molecule has 20 heavy (non-hydrogen) atoms. The van der Waals surface area contributed by atoms with Gasteiger partial charge in [-0.05, 0) is 49.4 Å². The van der Waals surface area contributed by atoms with Gasteiger partial charge in [0.2, 0.25) is 0 Å². The van der Waals surface area contributed by atoms with Crippen LogP contribution in [0.25, 0.3) is 0 Å². The number of fused-ring (bicyclic) bond motifs is 1. The van der Waals surface area contributed by atoms with Crippen molar-refractivity contribution in [1.29, 1.82) is 0 Å². The highest BCUT2D eigenvalue weighted by atomic mass is 16.5. The van der Waals surface area contributed by atoms with Crippen molar-refractivity contribution in [3.63, 3.8) is 0 Å². The van der Waals surface area contributed by atoms with Crippen LogP contribution in [-0.4, -0.2) is 41.5 Å². The molecule has 1 amide bonds. The van der Waals surface area contributed by atoms with Gasteiger partial charge in [-0.2, -0.15) is 0 Å². The Labute approximate surface area is 118 Å². The number of rotatable bonds is 6. The van der Waals surface area contributed by atoms with Crippen LogP contribution in [0.1, 0.15) is 24.5 Å². The maximum Gasteiger partial charge on any atom is 0.258 e. The Morgan fingerprint density at radius 2 is 2.15 bits per heavy atom. The number of ether oxygens (including phenoxy) is 1. The number of aliphatic hydroxyl groups excluding tert-OH is 1. The van der Waals surface area contributed by atoms with Crippen molar-refractivity contribution in [2.24, 2.45) is 0 Å². The summed E-state index contributed by atoms with van der Waals surface area (Å²) in [5.41, 5.74) is 1.36. The lowest BCUT2D eigenvalue weighted by Gasteiger charge is -2.20. The lowest BCUT2D eigenvalue weighted by atomic mass is 10.1. The van der Waals surface area contributed by atoms with Crippen molar-refractivity contribution in [3.8, 4) is 5.75 Å². The number of carbonyl (C=O) groups is 1. The van der Waals surface area contributed by atoms with Gasteiger partial charge in [0.1, 0.15) is 11.4 Å². The van der Waals surface area contributed by atoms with Gasteiger partial charge in [0.25, 0.3) is 5.91 Å². The fourth-order valence-corrected chi connectivity index (χ4v) is 2.18. The Morgan fingerprint density at radius 3 is 2.90 bits per heavy atom. The van der Waals surface area contributed by atoms with E-state index in [1.54, 1.807) is 0 Å². The van der Waals surface area contributed by atoms with E-state index >= 15 is 0 Å². The molecule has 0 spiro atoms. The van der Waals surface area contributed by atoms with E-state index in [1.807, 2.05) is 18.2 Å². The predicted molar refractivity (Wildman–Crippen MR) is 74.7 cm³/mol. The molecule has 0 aromatic heterocycles. The van der Waals surface area contributed by atoms with Gasteiger partial charge in [-0.1, -0.05) is 6.07 Å². The van der Waals surface area contributed by atoms with Gasteiger partial charge >= 0.3 is 0 Å². The highest BCUT2D eigenvalue weighted by molar-refractivity contribution is 5.77. The molecule has 1 aromatic rings. The molecule has 0 fully saturated rings. The minimum absolute atomic E-state index is 0.00409. The molecule has 5 nitrogen and oxygen atoms in total. The van der Waals surface area contributed by atoms with E-state index in [-0.39, 0.29) is 19.1 Å².